The Morgan fingerprint density at radius 3 is 2.39 bits per heavy atom. The summed E-state index contributed by atoms with van der Waals surface area (Å²) in [5.41, 5.74) is 0.155. The SMILES string of the molecule is C\C=C/C(=C\C=C(/C)C(F)(F)F)C1=NC(NC(=O)C2(NC(=O)OCc3ccccc3)CCCC2)C(=O)N(C)c2ccccc21. The van der Waals surface area contributed by atoms with Crippen molar-refractivity contribution in [2.45, 2.75) is 64.0 Å². The molecule has 1 fully saturated rings. The highest BCUT2D eigenvalue weighted by Crippen LogP contribution is 2.32. The number of alkyl halides is 3. The largest absolute Gasteiger partial charge is 0.445 e. The zero-order valence-corrected chi connectivity index (χ0v) is 24.8. The van der Waals surface area contributed by atoms with Crippen LogP contribution in [0.25, 0.3) is 0 Å². The summed E-state index contributed by atoms with van der Waals surface area (Å²) in [6, 6.07) is 16.0. The van der Waals surface area contributed by atoms with Crippen molar-refractivity contribution < 1.29 is 32.3 Å². The number of benzene rings is 2. The Hall–Kier alpha value is -4.67. The lowest BCUT2D eigenvalue weighted by molar-refractivity contribution is -0.131. The average molecular weight is 609 g/mol. The van der Waals surface area contributed by atoms with E-state index in [0.717, 1.165) is 18.6 Å². The van der Waals surface area contributed by atoms with Crippen molar-refractivity contribution in [3.63, 3.8) is 0 Å². The fourth-order valence-corrected chi connectivity index (χ4v) is 5.15. The first kappa shape index (κ1) is 32.2. The number of nitrogens with zero attached hydrogens (tertiary/aromatic N) is 2. The van der Waals surface area contributed by atoms with E-state index in [1.54, 1.807) is 43.3 Å². The summed E-state index contributed by atoms with van der Waals surface area (Å²) >= 11 is 0. The van der Waals surface area contributed by atoms with Crippen LogP contribution in [0.2, 0.25) is 0 Å². The molecule has 11 heteroatoms. The molecule has 2 aromatic rings. The number of carbonyl (C=O) groups excluding carboxylic acids is 3. The van der Waals surface area contributed by atoms with Gasteiger partial charge in [0.1, 0.15) is 12.1 Å². The van der Waals surface area contributed by atoms with Gasteiger partial charge in [-0.25, -0.2) is 9.79 Å². The summed E-state index contributed by atoms with van der Waals surface area (Å²) < 4.78 is 45.2. The second-order valence-electron chi connectivity index (χ2n) is 10.7. The van der Waals surface area contributed by atoms with Crippen LogP contribution in [-0.2, 0) is 20.9 Å². The molecule has 2 aromatic carbocycles. The predicted molar refractivity (Wildman–Crippen MR) is 162 cm³/mol. The lowest BCUT2D eigenvalue weighted by atomic mass is 9.96. The number of ether oxygens (including phenoxy) is 1. The van der Waals surface area contributed by atoms with E-state index in [2.05, 4.69) is 15.6 Å². The second-order valence-corrected chi connectivity index (χ2v) is 10.7. The van der Waals surface area contributed by atoms with Gasteiger partial charge in [0.05, 0.1) is 11.4 Å². The molecule has 232 valence electrons. The maximum Gasteiger partial charge on any atom is 0.412 e. The van der Waals surface area contributed by atoms with Crippen LogP contribution in [0.1, 0.15) is 50.7 Å². The third-order valence-electron chi connectivity index (χ3n) is 7.64. The molecule has 44 heavy (non-hydrogen) atoms. The average Bonchev–Trinajstić information content (AvgIpc) is 3.45. The third-order valence-corrected chi connectivity index (χ3v) is 7.64. The minimum absolute atomic E-state index is 0.0184. The van der Waals surface area contributed by atoms with E-state index >= 15 is 0 Å². The Morgan fingerprint density at radius 1 is 1.07 bits per heavy atom. The van der Waals surface area contributed by atoms with Crippen LogP contribution >= 0.6 is 0 Å². The number of amides is 3. The van der Waals surface area contributed by atoms with Crippen molar-refractivity contribution in [1.29, 1.82) is 0 Å². The van der Waals surface area contributed by atoms with Gasteiger partial charge in [0.2, 0.25) is 12.1 Å². The van der Waals surface area contributed by atoms with Crippen LogP contribution in [-0.4, -0.2) is 48.5 Å². The number of alkyl carbamates (subject to hydrolysis) is 1. The van der Waals surface area contributed by atoms with Gasteiger partial charge in [0.25, 0.3) is 5.91 Å². The van der Waals surface area contributed by atoms with Crippen molar-refractivity contribution in [1.82, 2.24) is 10.6 Å². The van der Waals surface area contributed by atoms with Gasteiger partial charge in [0.15, 0.2) is 0 Å². The zero-order chi connectivity index (χ0) is 31.9. The molecular weight excluding hydrogens is 573 g/mol. The number of fused-ring (bicyclic) bond motifs is 1. The lowest BCUT2D eigenvalue weighted by Crippen LogP contribution is -2.60. The minimum atomic E-state index is -4.52. The Morgan fingerprint density at radius 2 is 1.73 bits per heavy atom. The zero-order valence-electron chi connectivity index (χ0n) is 24.8. The highest BCUT2D eigenvalue weighted by Gasteiger charge is 2.45. The number of para-hydroxylation sites is 1. The Kier molecular flexibility index (Phi) is 10.1. The van der Waals surface area contributed by atoms with Crippen molar-refractivity contribution in [3.8, 4) is 0 Å². The van der Waals surface area contributed by atoms with Crippen LogP contribution < -0.4 is 15.5 Å². The van der Waals surface area contributed by atoms with Crippen molar-refractivity contribution >= 4 is 29.3 Å². The molecule has 0 saturated heterocycles. The molecule has 1 heterocycles. The molecule has 0 aromatic heterocycles. The molecule has 1 aliphatic heterocycles. The summed E-state index contributed by atoms with van der Waals surface area (Å²) in [5, 5.41) is 5.45. The number of anilines is 1. The number of hydrogen-bond donors (Lipinski definition) is 2. The Bertz CT molecular complexity index is 1510. The van der Waals surface area contributed by atoms with Gasteiger partial charge in [0, 0.05) is 23.8 Å². The summed E-state index contributed by atoms with van der Waals surface area (Å²) in [4.78, 5) is 46.3. The standard InChI is InChI=1S/C33H35F3N4O4/c1-4-12-24(18-17-22(2)33(34,35)36)27-25-15-8-9-16-26(25)40(3)29(41)28(37-27)38-30(42)32(19-10-11-20-32)39-31(43)44-21-23-13-6-5-7-14-23/h4-9,12-18,28H,10-11,19-21H2,1-3H3,(H,38,42)(H,39,43)/b12-4-,22-17+,24-18+. The number of likely N-dealkylation sites (N-methyl/N-ethyl adjacent to an activating group) is 1. The van der Waals surface area contributed by atoms with Gasteiger partial charge in [-0.3, -0.25) is 9.59 Å². The topological polar surface area (TPSA) is 100 Å². The highest BCUT2D eigenvalue weighted by atomic mass is 19.4. The third kappa shape index (κ3) is 7.45. The van der Waals surface area contributed by atoms with Gasteiger partial charge in [-0.15, -0.1) is 0 Å². The fourth-order valence-electron chi connectivity index (χ4n) is 5.15. The maximum absolute atomic E-state index is 13.8. The van der Waals surface area contributed by atoms with E-state index in [1.165, 1.54) is 18.0 Å². The van der Waals surface area contributed by atoms with Gasteiger partial charge in [-0.05, 0) is 38.3 Å². The molecule has 1 unspecified atom stereocenters. The van der Waals surface area contributed by atoms with E-state index in [-0.39, 0.29) is 12.3 Å². The summed E-state index contributed by atoms with van der Waals surface area (Å²) in [6.07, 6.45) is 0.776. The minimum Gasteiger partial charge on any atom is -0.445 e. The molecule has 4 rings (SSSR count). The first-order chi connectivity index (χ1) is 20.9. The highest BCUT2D eigenvalue weighted by molar-refractivity contribution is 6.21. The molecule has 1 aliphatic carbocycles. The van der Waals surface area contributed by atoms with Crippen molar-refractivity contribution in [3.05, 3.63) is 101 Å². The number of allylic oxidation sites excluding steroid dienone is 6. The van der Waals surface area contributed by atoms with Crippen molar-refractivity contribution in [2.24, 2.45) is 4.99 Å². The molecule has 1 saturated carbocycles. The number of carbonyl (C=O) groups is 3. The summed E-state index contributed by atoms with van der Waals surface area (Å²) in [5.74, 6) is -1.15. The number of benzodiazepines with no additional fused rings is 1. The Balaban J connectivity index is 1.67. The van der Waals surface area contributed by atoms with Crippen LogP contribution in [0.15, 0.2) is 95.0 Å². The molecule has 3 amide bonds. The summed E-state index contributed by atoms with van der Waals surface area (Å²) in [6.45, 7) is 2.69. The summed E-state index contributed by atoms with van der Waals surface area (Å²) in [7, 11) is 1.54. The van der Waals surface area contributed by atoms with Crippen LogP contribution in [0.4, 0.5) is 23.7 Å². The lowest BCUT2D eigenvalue weighted by Gasteiger charge is -2.30. The number of hydrogen-bond acceptors (Lipinski definition) is 5. The number of nitrogens with one attached hydrogen (secondary N) is 2. The molecule has 0 spiro atoms. The van der Waals surface area contributed by atoms with Gasteiger partial charge in [-0.2, -0.15) is 13.2 Å². The second kappa shape index (κ2) is 13.7. The van der Waals surface area contributed by atoms with E-state index in [0.29, 0.717) is 42.5 Å². The van der Waals surface area contributed by atoms with E-state index in [9.17, 15) is 27.6 Å². The molecule has 8 nitrogen and oxygen atoms in total. The van der Waals surface area contributed by atoms with Crippen LogP contribution in [0.3, 0.4) is 0 Å². The Labute approximate surface area is 254 Å². The smallest absolute Gasteiger partial charge is 0.412 e. The van der Waals surface area contributed by atoms with E-state index in [4.69, 9.17) is 4.74 Å². The quantitative estimate of drug-likeness (QED) is 0.352. The van der Waals surface area contributed by atoms with Gasteiger partial charge in [-0.1, -0.05) is 85.7 Å². The monoisotopic (exact) mass is 608 g/mol. The number of aliphatic imine (C=N–C) groups is 1. The molecule has 1 atom stereocenters. The molecular formula is C33H35F3N4O4. The molecule has 2 aliphatic rings. The van der Waals surface area contributed by atoms with Crippen LogP contribution in [0.5, 0.6) is 0 Å². The number of halogens is 3. The van der Waals surface area contributed by atoms with E-state index < -0.39 is 41.4 Å². The fraction of sp³-hybridized carbons (Fsp3) is 0.333. The molecule has 0 bridgehead atoms. The first-order valence-electron chi connectivity index (χ1n) is 14.3. The normalized spacial score (nSPS) is 18.9. The maximum atomic E-state index is 13.8. The van der Waals surface area contributed by atoms with Gasteiger partial charge < -0.3 is 20.3 Å². The van der Waals surface area contributed by atoms with Crippen molar-refractivity contribution in [2.75, 3.05) is 11.9 Å². The molecule has 0 radical (unpaired) electrons. The van der Waals surface area contributed by atoms with Gasteiger partial charge >= 0.3 is 12.3 Å². The van der Waals surface area contributed by atoms with Crippen LogP contribution in [0, 0.1) is 0 Å². The molecule has 2 N–H and O–H groups in total. The van der Waals surface area contributed by atoms with E-state index in [1.807, 2.05) is 30.3 Å². The number of rotatable bonds is 8. The first-order valence-corrected chi connectivity index (χ1v) is 14.3. The predicted octanol–water partition coefficient (Wildman–Crippen LogP) is 6.14.